The summed E-state index contributed by atoms with van der Waals surface area (Å²) < 4.78 is 5.12. The lowest BCUT2D eigenvalue weighted by Gasteiger charge is -2.13. The normalized spacial score (nSPS) is 14.5. The van der Waals surface area contributed by atoms with Crippen LogP contribution in [0.15, 0.2) is 46.5 Å². The maximum absolute atomic E-state index is 12.1. The molecule has 0 aliphatic carbocycles. The topological polar surface area (TPSA) is 67.2 Å². The molecule has 0 saturated heterocycles. The second kappa shape index (κ2) is 6.77. The smallest absolute Gasteiger partial charge is 0.290 e. The Labute approximate surface area is 133 Å². The van der Waals surface area contributed by atoms with Gasteiger partial charge in [0.25, 0.3) is 5.91 Å². The molecule has 22 heavy (non-hydrogen) atoms. The molecule has 1 aromatic carbocycles. The van der Waals surface area contributed by atoms with E-state index in [2.05, 4.69) is 21.9 Å². The Hall–Kier alpha value is -2.11. The highest BCUT2D eigenvalue weighted by Gasteiger charge is 2.14. The van der Waals surface area contributed by atoms with E-state index in [1.165, 1.54) is 5.57 Å². The van der Waals surface area contributed by atoms with Crippen LogP contribution >= 0.6 is 11.6 Å². The van der Waals surface area contributed by atoms with Gasteiger partial charge >= 0.3 is 0 Å². The number of nitrogens with zero attached hydrogens (tertiary/aromatic N) is 1. The number of carbonyl (C=O) groups excluding carboxylic acids is 1. The summed E-state index contributed by atoms with van der Waals surface area (Å²) in [6.07, 6.45) is 3.05. The molecule has 0 fully saturated rings. The van der Waals surface area contributed by atoms with Gasteiger partial charge in [0, 0.05) is 29.7 Å². The Bertz CT molecular complexity index is 709. The van der Waals surface area contributed by atoms with Crippen molar-refractivity contribution in [3.05, 3.63) is 52.8 Å². The molecule has 114 valence electrons. The molecule has 5 nitrogen and oxygen atoms in total. The van der Waals surface area contributed by atoms with E-state index >= 15 is 0 Å². The maximum atomic E-state index is 12.1. The molecule has 0 unspecified atom stereocenters. The third-order valence-corrected chi connectivity index (χ3v) is 3.72. The number of amides is 1. The van der Waals surface area contributed by atoms with Gasteiger partial charge in [-0.3, -0.25) is 4.79 Å². The molecule has 2 aromatic rings. The zero-order chi connectivity index (χ0) is 15.4. The van der Waals surface area contributed by atoms with Gasteiger partial charge in [0.15, 0.2) is 0 Å². The first-order valence-corrected chi connectivity index (χ1v) is 7.49. The fourth-order valence-corrected chi connectivity index (χ4v) is 2.47. The molecule has 3 rings (SSSR count). The first-order valence-electron chi connectivity index (χ1n) is 7.12. The monoisotopic (exact) mass is 317 g/mol. The SMILES string of the molecule is O=C(NCC1=CCNCC1)c1cc(-c2cccc(Cl)c2)no1. The highest BCUT2D eigenvalue weighted by molar-refractivity contribution is 6.30. The molecule has 1 aromatic heterocycles. The minimum atomic E-state index is -0.264. The molecule has 6 heteroatoms. The summed E-state index contributed by atoms with van der Waals surface area (Å²) >= 11 is 5.95. The summed E-state index contributed by atoms with van der Waals surface area (Å²) in [6, 6.07) is 8.88. The van der Waals surface area contributed by atoms with Crippen LogP contribution in [-0.4, -0.2) is 30.7 Å². The second-order valence-corrected chi connectivity index (χ2v) is 5.52. The molecule has 1 aliphatic heterocycles. The molecule has 0 spiro atoms. The Morgan fingerprint density at radius 1 is 1.41 bits per heavy atom. The standard InChI is InChI=1S/C16H16ClN3O2/c17-13-3-1-2-12(8-13)14-9-15(22-20-14)16(21)19-10-11-4-6-18-7-5-11/h1-4,8-9,18H,5-7,10H2,(H,19,21). The number of hydrogen-bond acceptors (Lipinski definition) is 4. The van der Waals surface area contributed by atoms with Crippen LogP contribution in [0.3, 0.4) is 0 Å². The van der Waals surface area contributed by atoms with Gasteiger partial charge in [-0.1, -0.05) is 40.5 Å². The fourth-order valence-electron chi connectivity index (χ4n) is 2.28. The van der Waals surface area contributed by atoms with Crippen LogP contribution in [-0.2, 0) is 0 Å². The summed E-state index contributed by atoms with van der Waals surface area (Å²) in [4.78, 5) is 12.1. The number of carbonyl (C=O) groups is 1. The molecule has 0 bridgehead atoms. The number of benzene rings is 1. The lowest BCUT2D eigenvalue weighted by Crippen LogP contribution is -2.29. The number of hydrogen-bond donors (Lipinski definition) is 2. The van der Waals surface area contributed by atoms with Gasteiger partial charge in [0.1, 0.15) is 5.69 Å². The van der Waals surface area contributed by atoms with Crippen LogP contribution in [0, 0.1) is 0 Å². The molecule has 1 aliphatic rings. The Kier molecular flexibility index (Phi) is 4.56. The molecule has 0 atom stereocenters. The first kappa shape index (κ1) is 14.8. The van der Waals surface area contributed by atoms with Crippen molar-refractivity contribution in [1.29, 1.82) is 0 Å². The van der Waals surface area contributed by atoms with Crippen molar-refractivity contribution in [3.63, 3.8) is 0 Å². The molecular weight excluding hydrogens is 302 g/mol. The van der Waals surface area contributed by atoms with E-state index in [4.69, 9.17) is 16.1 Å². The average molecular weight is 318 g/mol. The fraction of sp³-hybridized carbons (Fsp3) is 0.250. The number of aromatic nitrogens is 1. The van der Waals surface area contributed by atoms with Crippen molar-refractivity contribution in [2.24, 2.45) is 0 Å². The van der Waals surface area contributed by atoms with Crippen molar-refractivity contribution in [3.8, 4) is 11.3 Å². The summed E-state index contributed by atoms with van der Waals surface area (Å²) in [5.41, 5.74) is 2.63. The van der Waals surface area contributed by atoms with E-state index in [1.807, 2.05) is 12.1 Å². The Morgan fingerprint density at radius 3 is 3.09 bits per heavy atom. The van der Waals surface area contributed by atoms with E-state index in [1.54, 1.807) is 18.2 Å². The molecule has 1 amide bonds. The van der Waals surface area contributed by atoms with Crippen LogP contribution in [0.25, 0.3) is 11.3 Å². The second-order valence-electron chi connectivity index (χ2n) is 5.09. The Balaban J connectivity index is 1.65. The lowest BCUT2D eigenvalue weighted by atomic mass is 10.1. The minimum absolute atomic E-state index is 0.199. The number of nitrogens with one attached hydrogen (secondary N) is 2. The van der Waals surface area contributed by atoms with Crippen LogP contribution in [0.2, 0.25) is 5.02 Å². The molecule has 0 radical (unpaired) electrons. The Morgan fingerprint density at radius 2 is 2.32 bits per heavy atom. The van der Waals surface area contributed by atoms with E-state index in [-0.39, 0.29) is 11.7 Å². The van der Waals surface area contributed by atoms with Crippen molar-refractivity contribution >= 4 is 17.5 Å². The molecule has 0 saturated carbocycles. The van der Waals surface area contributed by atoms with E-state index in [0.29, 0.717) is 17.3 Å². The van der Waals surface area contributed by atoms with Crippen LogP contribution in [0.1, 0.15) is 17.0 Å². The van der Waals surface area contributed by atoms with Gasteiger partial charge in [-0.15, -0.1) is 0 Å². The molecule has 2 N–H and O–H groups in total. The molecule has 2 heterocycles. The van der Waals surface area contributed by atoms with Crippen molar-refractivity contribution in [2.45, 2.75) is 6.42 Å². The highest BCUT2D eigenvalue weighted by atomic mass is 35.5. The minimum Gasteiger partial charge on any atom is -0.350 e. The quantitative estimate of drug-likeness (QED) is 0.851. The third kappa shape index (κ3) is 3.55. The zero-order valence-corrected chi connectivity index (χ0v) is 12.7. The first-order chi connectivity index (χ1) is 10.7. The maximum Gasteiger partial charge on any atom is 0.290 e. The molecular formula is C16H16ClN3O2. The van der Waals surface area contributed by atoms with Crippen molar-refractivity contribution < 1.29 is 9.32 Å². The largest absolute Gasteiger partial charge is 0.350 e. The summed E-state index contributed by atoms with van der Waals surface area (Å²) in [5.74, 6) is -0.0651. The van der Waals surface area contributed by atoms with Crippen LogP contribution < -0.4 is 10.6 Å². The average Bonchev–Trinajstić information content (AvgIpc) is 3.04. The van der Waals surface area contributed by atoms with Gasteiger partial charge < -0.3 is 15.2 Å². The van der Waals surface area contributed by atoms with Crippen molar-refractivity contribution in [1.82, 2.24) is 15.8 Å². The zero-order valence-electron chi connectivity index (χ0n) is 11.9. The van der Waals surface area contributed by atoms with Crippen LogP contribution in [0.4, 0.5) is 0 Å². The third-order valence-electron chi connectivity index (χ3n) is 3.49. The predicted octanol–water partition coefficient (Wildman–Crippen LogP) is 2.64. The predicted molar refractivity (Wildman–Crippen MR) is 84.9 cm³/mol. The van der Waals surface area contributed by atoms with Gasteiger partial charge in [-0.25, -0.2) is 0 Å². The van der Waals surface area contributed by atoms with Gasteiger partial charge in [-0.05, 0) is 25.1 Å². The summed E-state index contributed by atoms with van der Waals surface area (Å²) in [6.45, 7) is 2.34. The van der Waals surface area contributed by atoms with Gasteiger partial charge in [0.2, 0.25) is 5.76 Å². The summed E-state index contributed by atoms with van der Waals surface area (Å²) in [5, 5.41) is 10.6. The number of halogens is 1. The number of rotatable bonds is 4. The lowest BCUT2D eigenvalue weighted by molar-refractivity contribution is 0.0920. The van der Waals surface area contributed by atoms with Crippen molar-refractivity contribution in [2.75, 3.05) is 19.6 Å². The highest BCUT2D eigenvalue weighted by Crippen LogP contribution is 2.22. The van der Waals surface area contributed by atoms with Gasteiger partial charge in [0.05, 0.1) is 0 Å². The van der Waals surface area contributed by atoms with E-state index in [0.717, 1.165) is 25.1 Å². The van der Waals surface area contributed by atoms with Crippen LogP contribution in [0.5, 0.6) is 0 Å². The van der Waals surface area contributed by atoms with Gasteiger partial charge in [-0.2, -0.15) is 0 Å². The van der Waals surface area contributed by atoms with E-state index in [9.17, 15) is 4.79 Å². The van der Waals surface area contributed by atoms with E-state index < -0.39 is 0 Å². The summed E-state index contributed by atoms with van der Waals surface area (Å²) in [7, 11) is 0.